The molecular formula is C11H15FN6O4. The number of nitrogens with one attached hydrogen (secondary N) is 1. The van der Waals surface area contributed by atoms with E-state index >= 15 is 0 Å². The number of alkyl halides is 1. The Bertz CT molecular complexity index is 648. The van der Waals surface area contributed by atoms with Gasteiger partial charge in [0, 0.05) is 17.7 Å². The molecule has 11 heteroatoms. The van der Waals surface area contributed by atoms with Crippen LogP contribution in [0, 0.1) is 0 Å². The third-order valence-corrected chi connectivity index (χ3v) is 3.26. The maximum atomic E-state index is 14.2. The van der Waals surface area contributed by atoms with Crippen LogP contribution in [0.2, 0.25) is 0 Å². The van der Waals surface area contributed by atoms with Crippen LogP contribution >= 0.6 is 0 Å². The zero-order valence-corrected chi connectivity index (χ0v) is 11.6. The normalized spacial score (nSPS) is 30.8. The molecule has 10 nitrogen and oxygen atoms in total. The molecule has 120 valence electrons. The Labute approximate surface area is 123 Å². The van der Waals surface area contributed by atoms with Gasteiger partial charge >= 0.3 is 5.69 Å². The number of ether oxygens (including phenoxy) is 1. The maximum absolute atomic E-state index is 14.2. The van der Waals surface area contributed by atoms with Gasteiger partial charge in [0.25, 0.3) is 0 Å². The molecule has 1 aliphatic heterocycles. The molecule has 1 aromatic heterocycles. The first-order valence-corrected chi connectivity index (χ1v) is 6.49. The molecule has 2 rings (SSSR count). The van der Waals surface area contributed by atoms with Crippen LogP contribution in [0.15, 0.2) is 22.2 Å². The smallest absolute Gasteiger partial charge is 0.351 e. The summed E-state index contributed by atoms with van der Waals surface area (Å²) in [4.78, 5) is 18.1. The van der Waals surface area contributed by atoms with E-state index in [1.165, 1.54) is 12.3 Å². The number of aromatic nitrogens is 2. The van der Waals surface area contributed by atoms with Gasteiger partial charge in [-0.1, -0.05) is 5.11 Å². The van der Waals surface area contributed by atoms with Gasteiger partial charge in [-0.25, -0.2) is 9.18 Å². The molecule has 22 heavy (non-hydrogen) atoms. The topological polar surface area (TPSA) is 145 Å². The fraction of sp³-hybridized carbons (Fsp3) is 0.636. The molecule has 0 spiro atoms. The van der Waals surface area contributed by atoms with Gasteiger partial charge in [0.05, 0.1) is 6.61 Å². The third-order valence-electron chi connectivity index (χ3n) is 3.26. The number of aliphatic hydroxyl groups excluding tert-OH is 2. The molecule has 0 unspecified atom stereocenters. The Morgan fingerprint density at radius 1 is 1.73 bits per heavy atom. The Hall–Kier alpha value is -2.20. The molecule has 2 heterocycles. The Kier molecular flexibility index (Phi) is 4.62. The van der Waals surface area contributed by atoms with Gasteiger partial charge in [-0.15, -0.1) is 0 Å². The van der Waals surface area contributed by atoms with E-state index in [1.54, 1.807) is 0 Å². The quantitative estimate of drug-likeness (QED) is 0.393. The number of hydrogen-bond acceptors (Lipinski definition) is 7. The lowest BCUT2D eigenvalue weighted by Crippen LogP contribution is -2.43. The fourth-order valence-corrected chi connectivity index (χ4v) is 2.17. The summed E-state index contributed by atoms with van der Waals surface area (Å²) < 4.78 is 20.2. The van der Waals surface area contributed by atoms with Crippen LogP contribution in [-0.2, 0) is 4.74 Å². The van der Waals surface area contributed by atoms with Crippen molar-refractivity contribution in [3.05, 3.63) is 33.2 Å². The number of halogens is 1. The van der Waals surface area contributed by atoms with Crippen LogP contribution < -0.4 is 11.0 Å². The summed E-state index contributed by atoms with van der Waals surface area (Å²) in [7, 11) is 0. The van der Waals surface area contributed by atoms with E-state index in [-0.39, 0.29) is 0 Å². The maximum Gasteiger partial charge on any atom is 0.351 e. The average Bonchev–Trinajstić information content (AvgIpc) is 2.74. The summed E-state index contributed by atoms with van der Waals surface area (Å²) in [6.07, 6.45) is -4.33. The van der Waals surface area contributed by atoms with Gasteiger partial charge < -0.3 is 20.3 Å². The van der Waals surface area contributed by atoms with Crippen molar-refractivity contribution >= 4 is 5.82 Å². The van der Waals surface area contributed by atoms with Crippen molar-refractivity contribution in [2.45, 2.75) is 31.2 Å². The van der Waals surface area contributed by atoms with Crippen molar-refractivity contribution in [3.8, 4) is 0 Å². The van der Waals surface area contributed by atoms with Crippen LogP contribution in [-0.4, -0.2) is 50.9 Å². The molecule has 1 saturated heterocycles. The molecule has 4 atom stereocenters. The lowest BCUT2D eigenvalue weighted by Gasteiger charge is -2.23. The molecule has 3 N–H and O–H groups in total. The minimum Gasteiger partial charge on any atom is -0.393 e. The number of aliphatic hydroxyl groups is 2. The number of nitrogens with zero attached hydrogens (tertiary/aromatic N) is 5. The predicted molar refractivity (Wildman–Crippen MR) is 72.6 cm³/mol. The van der Waals surface area contributed by atoms with Crippen molar-refractivity contribution in [1.29, 1.82) is 0 Å². The first-order chi connectivity index (χ1) is 10.5. The van der Waals surface area contributed by atoms with E-state index in [9.17, 15) is 19.4 Å². The molecule has 0 saturated carbocycles. The SMILES string of the molecule is CCNc1ccn([C@@H]2O[C@@](CO)(N=[N+]=[N-])[C@@H](O)[C@@H]2F)c(=O)n1. The molecule has 1 aliphatic rings. The lowest BCUT2D eigenvalue weighted by molar-refractivity contribution is -0.124. The number of hydrogen-bond donors (Lipinski definition) is 3. The molecule has 0 amide bonds. The van der Waals surface area contributed by atoms with Gasteiger partial charge in [-0.2, -0.15) is 4.98 Å². The van der Waals surface area contributed by atoms with Gasteiger partial charge in [0.2, 0.25) is 5.72 Å². The van der Waals surface area contributed by atoms with E-state index in [2.05, 4.69) is 20.3 Å². The molecule has 0 aromatic carbocycles. The van der Waals surface area contributed by atoms with Crippen LogP contribution in [0.5, 0.6) is 0 Å². The van der Waals surface area contributed by atoms with E-state index in [1.807, 2.05) is 6.92 Å². The Balaban J connectivity index is 2.38. The second kappa shape index (κ2) is 6.28. The highest BCUT2D eigenvalue weighted by atomic mass is 19.1. The molecule has 1 fully saturated rings. The first-order valence-electron chi connectivity index (χ1n) is 6.49. The zero-order chi connectivity index (χ0) is 16.3. The van der Waals surface area contributed by atoms with Gasteiger partial charge in [0.1, 0.15) is 11.9 Å². The highest BCUT2D eigenvalue weighted by Gasteiger charge is 2.56. The molecular weight excluding hydrogens is 299 g/mol. The molecule has 1 aromatic rings. The number of rotatable bonds is 5. The third kappa shape index (κ3) is 2.62. The Morgan fingerprint density at radius 2 is 2.45 bits per heavy atom. The number of anilines is 1. The first kappa shape index (κ1) is 16.2. The van der Waals surface area contributed by atoms with Crippen LogP contribution in [0.1, 0.15) is 13.2 Å². The lowest BCUT2D eigenvalue weighted by atomic mass is 10.1. The minimum atomic E-state index is -2.18. The summed E-state index contributed by atoms with van der Waals surface area (Å²) >= 11 is 0. The predicted octanol–water partition coefficient (Wildman–Crippen LogP) is -0.0982. The second-order valence-corrected chi connectivity index (χ2v) is 4.62. The van der Waals surface area contributed by atoms with E-state index < -0.39 is 36.5 Å². The standard InChI is InChI=1S/C11H15FN6O4/c1-2-14-6-3-4-18(10(21)15-6)9-7(12)8(20)11(5-19,22-9)16-17-13/h3-4,7-9,19-20H,2,5H2,1H3,(H,14,15,21)/t7-,8-,9+,11+/m0/s1. The van der Waals surface area contributed by atoms with E-state index in [0.29, 0.717) is 12.4 Å². The van der Waals surface area contributed by atoms with Crippen molar-refractivity contribution in [2.24, 2.45) is 5.11 Å². The van der Waals surface area contributed by atoms with Crippen LogP contribution in [0.3, 0.4) is 0 Å². The van der Waals surface area contributed by atoms with Crippen LogP contribution in [0.25, 0.3) is 10.4 Å². The average molecular weight is 314 g/mol. The van der Waals surface area contributed by atoms with Crippen LogP contribution in [0.4, 0.5) is 10.2 Å². The van der Waals surface area contributed by atoms with Gasteiger partial charge in [0.15, 0.2) is 12.4 Å². The molecule has 0 bridgehead atoms. The zero-order valence-electron chi connectivity index (χ0n) is 11.6. The molecule has 0 radical (unpaired) electrons. The summed E-state index contributed by atoms with van der Waals surface area (Å²) in [6.45, 7) is 1.43. The summed E-state index contributed by atoms with van der Waals surface area (Å²) in [5, 5.41) is 25.0. The highest BCUT2D eigenvalue weighted by molar-refractivity contribution is 5.31. The molecule has 0 aliphatic carbocycles. The summed E-state index contributed by atoms with van der Waals surface area (Å²) in [5.41, 5.74) is 5.48. The second-order valence-electron chi connectivity index (χ2n) is 4.62. The van der Waals surface area contributed by atoms with Gasteiger partial charge in [-0.3, -0.25) is 4.57 Å². The fourth-order valence-electron chi connectivity index (χ4n) is 2.17. The van der Waals surface area contributed by atoms with E-state index in [0.717, 1.165) is 4.57 Å². The van der Waals surface area contributed by atoms with Crippen molar-refractivity contribution in [2.75, 3.05) is 18.5 Å². The van der Waals surface area contributed by atoms with Crippen molar-refractivity contribution in [1.82, 2.24) is 9.55 Å². The largest absolute Gasteiger partial charge is 0.393 e. The minimum absolute atomic E-state index is 0.307. The highest BCUT2D eigenvalue weighted by Crippen LogP contribution is 2.39. The van der Waals surface area contributed by atoms with Gasteiger partial charge in [-0.05, 0) is 18.5 Å². The summed E-state index contributed by atoms with van der Waals surface area (Å²) in [5.74, 6) is 0.307. The summed E-state index contributed by atoms with van der Waals surface area (Å²) in [6, 6.07) is 1.43. The van der Waals surface area contributed by atoms with Crippen molar-refractivity contribution < 1.29 is 19.3 Å². The monoisotopic (exact) mass is 314 g/mol. The van der Waals surface area contributed by atoms with Crippen molar-refractivity contribution in [3.63, 3.8) is 0 Å². The Morgan fingerprint density at radius 3 is 3.00 bits per heavy atom. The number of azide groups is 1. The van der Waals surface area contributed by atoms with E-state index in [4.69, 9.17) is 10.3 Å².